The third-order valence-electron chi connectivity index (χ3n) is 1.60. The second-order valence-corrected chi connectivity index (χ2v) is 2.99. The molecule has 7 nitrogen and oxygen atoms in total. The van der Waals surface area contributed by atoms with Crippen molar-refractivity contribution in [1.82, 2.24) is 5.32 Å². The second kappa shape index (κ2) is 6.77. The van der Waals surface area contributed by atoms with Gasteiger partial charge in [-0.05, 0) is 6.42 Å². The molecule has 0 radical (unpaired) electrons. The first-order valence-electron chi connectivity index (χ1n) is 4.40. The molecule has 7 heteroatoms. The van der Waals surface area contributed by atoms with Gasteiger partial charge in [0.2, 0.25) is 5.91 Å². The van der Waals surface area contributed by atoms with Gasteiger partial charge < -0.3 is 21.3 Å². The summed E-state index contributed by atoms with van der Waals surface area (Å²) in [4.78, 5) is 31.4. The first kappa shape index (κ1) is 13.4. The Kier molecular flexibility index (Phi) is 6.03. The van der Waals surface area contributed by atoms with E-state index in [1.54, 1.807) is 0 Å². The molecule has 1 unspecified atom stereocenters. The molecule has 0 aromatic carbocycles. The predicted molar refractivity (Wildman–Crippen MR) is 50.1 cm³/mol. The van der Waals surface area contributed by atoms with Gasteiger partial charge in [-0.3, -0.25) is 14.4 Å². The number of hydrogen-bond acceptors (Lipinski definition) is 4. The first-order valence-corrected chi connectivity index (χ1v) is 4.40. The Balaban J connectivity index is 3.64. The molecule has 86 valence electrons. The topological polar surface area (TPSA) is 130 Å². The third-order valence-corrected chi connectivity index (χ3v) is 1.60. The highest BCUT2D eigenvalue weighted by atomic mass is 16.4. The average molecular weight is 218 g/mol. The normalized spacial score (nSPS) is 11.8. The van der Waals surface area contributed by atoms with Crippen molar-refractivity contribution in [1.29, 1.82) is 0 Å². The van der Waals surface area contributed by atoms with Crippen LogP contribution in [0.1, 0.15) is 19.3 Å². The van der Waals surface area contributed by atoms with Crippen molar-refractivity contribution in [3.05, 3.63) is 0 Å². The third kappa shape index (κ3) is 7.44. The zero-order valence-corrected chi connectivity index (χ0v) is 8.10. The summed E-state index contributed by atoms with van der Waals surface area (Å²) >= 11 is 0. The van der Waals surface area contributed by atoms with Crippen LogP contribution in [-0.4, -0.2) is 40.6 Å². The van der Waals surface area contributed by atoms with Gasteiger partial charge in [-0.25, -0.2) is 0 Å². The van der Waals surface area contributed by atoms with Crippen molar-refractivity contribution >= 4 is 17.8 Å². The molecule has 1 atom stereocenters. The number of amides is 1. The molecule has 1 amide bonds. The van der Waals surface area contributed by atoms with E-state index in [-0.39, 0.29) is 13.0 Å². The summed E-state index contributed by atoms with van der Waals surface area (Å²) < 4.78 is 0. The minimum Gasteiger partial charge on any atom is -0.481 e. The molecule has 0 rings (SSSR count). The van der Waals surface area contributed by atoms with Crippen molar-refractivity contribution < 1.29 is 24.6 Å². The maximum atomic E-state index is 11.1. The summed E-state index contributed by atoms with van der Waals surface area (Å²) in [6.07, 6.45) is -0.194. The second-order valence-electron chi connectivity index (χ2n) is 2.99. The van der Waals surface area contributed by atoms with Crippen LogP contribution >= 0.6 is 0 Å². The summed E-state index contributed by atoms with van der Waals surface area (Å²) in [5, 5.41) is 19.0. The van der Waals surface area contributed by atoms with Crippen molar-refractivity contribution in [2.45, 2.75) is 25.3 Å². The zero-order chi connectivity index (χ0) is 11.8. The molecule has 0 aromatic rings. The van der Waals surface area contributed by atoms with Crippen LogP contribution in [0.3, 0.4) is 0 Å². The number of aliphatic carboxylic acids is 2. The van der Waals surface area contributed by atoms with E-state index in [0.717, 1.165) is 0 Å². The van der Waals surface area contributed by atoms with Crippen molar-refractivity contribution in [3.63, 3.8) is 0 Å². The Labute approximate surface area is 86.3 Å². The molecule has 0 aliphatic heterocycles. The van der Waals surface area contributed by atoms with Crippen molar-refractivity contribution in [2.24, 2.45) is 5.73 Å². The number of nitrogens with two attached hydrogens (primary N) is 1. The van der Waals surface area contributed by atoms with E-state index in [0.29, 0.717) is 6.42 Å². The number of nitrogens with one attached hydrogen (secondary N) is 1. The summed E-state index contributed by atoms with van der Waals surface area (Å²) in [5.41, 5.74) is 5.25. The van der Waals surface area contributed by atoms with E-state index in [1.807, 2.05) is 0 Å². The Morgan fingerprint density at radius 3 is 2.27 bits per heavy atom. The molecular formula is C8H14N2O5. The van der Waals surface area contributed by atoms with Crippen LogP contribution in [0.25, 0.3) is 0 Å². The number of carboxylic acids is 2. The van der Waals surface area contributed by atoms with Crippen molar-refractivity contribution in [3.8, 4) is 0 Å². The van der Waals surface area contributed by atoms with E-state index in [4.69, 9.17) is 15.9 Å². The molecule has 0 spiro atoms. The van der Waals surface area contributed by atoms with Crippen LogP contribution in [0.2, 0.25) is 0 Å². The number of carbonyl (C=O) groups excluding carboxylic acids is 1. The summed E-state index contributed by atoms with van der Waals surface area (Å²) in [6, 6.07) is -1.09. The van der Waals surface area contributed by atoms with E-state index in [2.05, 4.69) is 5.32 Å². The smallest absolute Gasteiger partial charge is 0.305 e. The summed E-state index contributed by atoms with van der Waals surface area (Å²) in [5.74, 6) is -2.68. The lowest BCUT2D eigenvalue weighted by atomic mass is 10.2. The molecule has 0 aliphatic carbocycles. The lowest BCUT2D eigenvalue weighted by Crippen LogP contribution is -2.42. The van der Waals surface area contributed by atoms with Gasteiger partial charge in [0.15, 0.2) is 0 Å². The summed E-state index contributed by atoms with van der Waals surface area (Å²) in [7, 11) is 0. The number of hydrogen-bond donors (Lipinski definition) is 4. The largest absolute Gasteiger partial charge is 0.481 e. The molecule has 0 bridgehead atoms. The van der Waals surface area contributed by atoms with Gasteiger partial charge in [0, 0.05) is 13.0 Å². The highest BCUT2D eigenvalue weighted by molar-refractivity contribution is 5.85. The molecule has 0 aliphatic rings. The maximum absolute atomic E-state index is 11.1. The highest BCUT2D eigenvalue weighted by Gasteiger charge is 2.16. The van der Waals surface area contributed by atoms with Gasteiger partial charge in [-0.1, -0.05) is 0 Å². The fourth-order valence-electron chi connectivity index (χ4n) is 0.863. The van der Waals surface area contributed by atoms with E-state index in [1.165, 1.54) is 0 Å². The fourth-order valence-corrected chi connectivity index (χ4v) is 0.863. The van der Waals surface area contributed by atoms with Gasteiger partial charge in [-0.15, -0.1) is 0 Å². The van der Waals surface area contributed by atoms with E-state index >= 15 is 0 Å². The molecule has 0 saturated carbocycles. The molecule has 5 N–H and O–H groups in total. The van der Waals surface area contributed by atoms with Gasteiger partial charge >= 0.3 is 11.9 Å². The van der Waals surface area contributed by atoms with Crippen molar-refractivity contribution in [2.75, 3.05) is 6.54 Å². The van der Waals surface area contributed by atoms with Gasteiger partial charge in [0.1, 0.15) is 0 Å². The standard InChI is InChI=1S/C8H14N2O5/c9-5(4-7(13)14)8(15)10-3-1-2-6(11)12/h5H,1-4,9H2,(H,10,15)(H,11,12)(H,13,14). The van der Waals surface area contributed by atoms with Crippen LogP contribution < -0.4 is 11.1 Å². The Morgan fingerprint density at radius 1 is 1.20 bits per heavy atom. The van der Waals surface area contributed by atoms with Gasteiger partial charge in [0.25, 0.3) is 0 Å². The average Bonchev–Trinajstić information content (AvgIpc) is 2.10. The first-order chi connectivity index (χ1) is 6.93. The Bertz CT molecular complexity index is 253. The molecular weight excluding hydrogens is 204 g/mol. The van der Waals surface area contributed by atoms with Gasteiger partial charge in [0.05, 0.1) is 12.5 Å². The summed E-state index contributed by atoms with van der Waals surface area (Å²) in [6.45, 7) is 0.179. The van der Waals surface area contributed by atoms with Gasteiger partial charge in [-0.2, -0.15) is 0 Å². The molecule has 0 saturated heterocycles. The number of rotatable bonds is 7. The minimum atomic E-state index is -1.15. The Morgan fingerprint density at radius 2 is 1.80 bits per heavy atom. The van der Waals surface area contributed by atoms with Crippen LogP contribution in [0.5, 0.6) is 0 Å². The fraction of sp³-hybridized carbons (Fsp3) is 0.625. The van der Waals surface area contributed by atoms with E-state index < -0.39 is 30.3 Å². The zero-order valence-electron chi connectivity index (χ0n) is 8.10. The van der Waals surface area contributed by atoms with Crippen LogP contribution in [-0.2, 0) is 14.4 Å². The SMILES string of the molecule is NC(CC(=O)O)C(=O)NCCCC(=O)O. The monoisotopic (exact) mass is 218 g/mol. The van der Waals surface area contributed by atoms with Crippen LogP contribution in [0.15, 0.2) is 0 Å². The molecule has 0 heterocycles. The lowest BCUT2D eigenvalue weighted by Gasteiger charge is -2.09. The van der Waals surface area contributed by atoms with Crippen LogP contribution in [0, 0.1) is 0 Å². The number of carbonyl (C=O) groups is 3. The molecule has 0 aromatic heterocycles. The van der Waals surface area contributed by atoms with Crippen LogP contribution in [0.4, 0.5) is 0 Å². The van der Waals surface area contributed by atoms with E-state index in [9.17, 15) is 14.4 Å². The minimum absolute atomic E-state index is 0.0472. The maximum Gasteiger partial charge on any atom is 0.305 e. The molecule has 15 heavy (non-hydrogen) atoms. The quantitative estimate of drug-likeness (QED) is 0.396. The predicted octanol–water partition coefficient (Wildman–Crippen LogP) is -1.23. The highest BCUT2D eigenvalue weighted by Crippen LogP contribution is 1.90. The lowest BCUT2D eigenvalue weighted by molar-refractivity contribution is -0.139. The number of carboxylic acid groups (broad SMARTS) is 2. The molecule has 0 fully saturated rings. The Hall–Kier alpha value is -1.63.